The molecule has 1 heteroatoms. The Hall–Kier alpha value is 0.217. The third kappa shape index (κ3) is 441. The molecule has 0 unspecified atom stereocenters. The van der Waals surface area contributed by atoms with E-state index in [4.69, 9.17) is 8.22 Å². The second kappa shape index (κ2) is 1.13. The van der Waals surface area contributed by atoms with Gasteiger partial charge in [-0.3, -0.25) is 0 Å². The first-order valence-corrected chi connectivity index (χ1v) is 5.20. The average molecular weight is 95.3 g/mol. The Bertz CT molecular complexity index is 126. The van der Waals surface area contributed by atoms with Gasteiger partial charge in [-0.15, -0.1) is 0 Å². The average Bonchev–Trinajstić information content (AvgIpc) is 1.58. The van der Waals surface area contributed by atoms with E-state index in [1.807, 2.05) is 0 Å². The number of hydrogen-bond donors (Lipinski definition) is 0. The zero-order chi connectivity index (χ0) is 9.50. The summed E-state index contributed by atoms with van der Waals surface area (Å²) in [5.41, 5.74) is 0. The first kappa shape index (κ1) is 0.889. The molecule has 0 nitrogen and oxygen atoms in total. The second-order valence-corrected chi connectivity index (χ2v) is 5.63. The van der Waals surface area contributed by atoms with Crippen molar-refractivity contribution in [1.82, 2.24) is 0 Å². The van der Waals surface area contributed by atoms with Crippen LogP contribution in [0.1, 0.15) is 8.22 Å². The molecule has 0 radical (unpaired) electrons. The van der Waals surface area contributed by atoms with E-state index in [0.717, 1.165) is 0 Å². The van der Waals surface area contributed by atoms with E-state index < -0.39 is 21.0 Å². The molecule has 0 aliphatic rings. The Balaban J connectivity index is 4.75. The van der Waals surface area contributed by atoms with Crippen LogP contribution in [0, 0.1) is 0 Å². The molecule has 0 aromatic carbocycles. The van der Waals surface area contributed by atoms with Crippen LogP contribution in [-0.4, -0.2) is 8.07 Å². The van der Waals surface area contributed by atoms with E-state index in [9.17, 15) is 0 Å². The molecular formula is C4H13Si-. The monoisotopic (exact) mass is 95.1 g/mol. The third-order valence-electron chi connectivity index (χ3n) is 0. The quantitative estimate of drug-likeness (QED) is 0.402. The molecule has 0 atom stereocenters. The van der Waals surface area contributed by atoms with Crippen LogP contribution < -0.4 is 0 Å². The topological polar surface area (TPSA) is 0 Å². The van der Waals surface area contributed by atoms with Gasteiger partial charge in [0.2, 0.25) is 0 Å². The van der Waals surface area contributed by atoms with E-state index in [1.54, 1.807) is 0 Å². The van der Waals surface area contributed by atoms with Crippen LogP contribution in [-0.2, 0) is 0 Å². The van der Waals surface area contributed by atoms with Gasteiger partial charge >= 0.3 is 42.3 Å². The molecule has 0 aromatic rings. The van der Waals surface area contributed by atoms with E-state index in [1.165, 1.54) is 13.1 Å². The van der Waals surface area contributed by atoms with Gasteiger partial charge in [-0.25, -0.2) is 0 Å². The van der Waals surface area contributed by atoms with E-state index in [2.05, 4.69) is 0 Å². The van der Waals surface area contributed by atoms with Crippen LogP contribution in [0.25, 0.3) is 0 Å². The van der Waals surface area contributed by atoms with Crippen molar-refractivity contribution in [2.75, 3.05) is 0 Å². The normalized spacial score (nSPS) is 38.0. The predicted octanol–water partition coefficient (Wildman–Crippen LogP) is 1.69. The van der Waals surface area contributed by atoms with Crippen molar-refractivity contribution in [3.05, 3.63) is 0 Å². The molecule has 0 N–H and O–H groups in total. The molecule has 0 amide bonds. The van der Waals surface area contributed by atoms with Gasteiger partial charge in [0.1, 0.15) is 0 Å². The van der Waals surface area contributed by atoms with Crippen molar-refractivity contribution in [3.8, 4) is 0 Å². The van der Waals surface area contributed by atoms with Crippen LogP contribution in [0.15, 0.2) is 0 Å². The molecule has 0 saturated heterocycles. The molecule has 0 saturated carbocycles. The van der Waals surface area contributed by atoms with Crippen LogP contribution >= 0.6 is 0 Å². The SMILES string of the molecule is [2H]C([2H])([2H])[SiH-](C)(C)C([2H])([2H])[2H]. The van der Waals surface area contributed by atoms with Crippen molar-refractivity contribution in [1.29, 1.82) is 0 Å². The van der Waals surface area contributed by atoms with Gasteiger partial charge in [-0.2, -0.15) is 0 Å². The van der Waals surface area contributed by atoms with Crippen LogP contribution in [0.5, 0.6) is 0 Å². The van der Waals surface area contributed by atoms with Crippen molar-refractivity contribution in [2.45, 2.75) is 26.0 Å². The van der Waals surface area contributed by atoms with Gasteiger partial charge in [-0.05, 0) is 0 Å². The molecule has 34 valence electrons. The molecule has 0 spiro atoms. The first-order valence-electron chi connectivity index (χ1n) is 4.73. The Morgan fingerprint density at radius 3 is 1.80 bits per heavy atom. The number of rotatable bonds is 0. The Labute approximate surface area is 43.6 Å². The molecule has 0 fully saturated rings. The van der Waals surface area contributed by atoms with Crippen LogP contribution in [0.2, 0.25) is 26.0 Å². The second-order valence-electron chi connectivity index (χ2n) is 1.88. The fourth-order valence-electron chi connectivity index (χ4n) is 0. The van der Waals surface area contributed by atoms with E-state index in [-0.39, 0.29) is 0 Å². The Kier molecular flexibility index (Phi) is 0.201. The Morgan fingerprint density at radius 1 is 1.40 bits per heavy atom. The summed E-state index contributed by atoms with van der Waals surface area (Å²) >= 11 is 0. The van der Waals surface area contributed by atoms with Gasteiger partial charge in [0.25, 0.3) is 0 Å². The molecule has 0 aromatic heterocycles. The Morgan fingerprint density at radius 2 is 1.80 bits per heavy atom. The van der Waals surface area contributed by atoms with E-state index in [0.29, 0.717) is 0 Å². The van der Waals surface area contributed by atoms with Crippen LogP contribution in [0.4, 0.5) is 0 Å². The van der Waals surface area contributed by atoms with Gasteiger partial charge < -0.3 is 0 Å². The van der Waals surface area contributed by atoms with Crippen molar-refractivity contribution < 1.29 is 8.22 Å². The molecule has 5 heavy (non-hydrogen) atoms. The fraction of sp³-hybridized carbons (Fsp3) is 1.00. The summed E-state index contributed by atoms with van der Waals surface area (Å²) in [7, 11) is -3.40. The molecule has 0 heterocycles. The van der Waals surface area contributed by atoms with Crippen LogP contribution in [0.3, 0.4) is 0 Å². The van der Waals surface area contributed by atoms with Crippen molar-refractivity contribution in [2.24, 2.45) is 0 Å². The minimum absolute atomic E-state index is 1.40. The summed E-state index contributed by atoms with van der Waals surface area (Å²) in [6.45, 7) is -1.74. The van der Waals surface area contributed by atoms with Gasteiger partial charge in [0.15, 0.2) is 0 Å². The number of hydrogen-bond acceptors (Lipinski definition) is 0. The first-order chi connectivity index (χ1) is 4.50. The van der Waals surface area contributed by atoms with Gasteiger partial charge in [0.05, 0.1) is 0 Å². The summed E-state index contributed by atoms with van der Waals surface area (Å²) in [6, 6.07) is 0. The summed E-state index contributed by atoms with van der Waals surface area (Å²) in [4.78, 5) is 0. The predicted molar refractivity (Wildman–Crippen MR) is 30.6 cm³/mol. The van der Waals surface area contributed by atoms with Crippen molar-refractivity contribution >= 4 is 8.07 Å². The summed E-state index contributed by atoms with van der Waals surface area (Å²) in [6.07, 6.45) is 0. The standard InChI is InChI=1S/C4H13Si/c1-5(2,3)4/h5H,1-4H3/q-1/i1D3,2D3. The minimum atomic E-state index is -3.40. The molecule has 0 rings (SSSR count). The maximum absolute atomic E-state index is 7.04. The molecular weight excluding hydrogens is 76.1 g/mol. The van der Waals surface area contributed by atoms with Gasteiger partial charge in [-0.1, -0.05) is 0 Å². The summed E-state index contributed by atoms with van der Waals surface area (Å²) < 4.78 is 42.2. The van der Waals surface area contributed by atoms with Crippen molar-refractivity contribution in [3.63, 3.8) is 0 Å². The zero-order valence-corrected chi connectivity index (χ0v) is 4.73. The third-order valence-corrected chi connectivity index (χ3v) is 0. The molecule has 0 bridgehead atoms. The fourth-order valence-corrected chi connectivity index (χ4v) is 0. The van der Waals surface area contributed by atoms with E-state index >= 15 is 0 Å². The maximum atomic E-state index is 7.04. The molecule has 0 aliphatic heterocycles. The zero-order valence-electron chi connectivity index (χ0n) is 9.58. The summed E-state index contributed by atoms with van der Waals surface area (Å²) in [5, 5.41) is 0. The van der Waals surface area contributed by atoms with Gasteiger partial charge in [0, 0.05) is 0 Å². The summed E-state index contributed by atoms with van der Waals surface area (Å²) in [5.74, 6) is 0. The molecule has 0 aliphatic carbocycles.